The van der Waals surface area contributed by atoms with Gasteiger partial charge in [0.2, 0.25) is 0 Å². The van der Waals surface area contributed by atoms with E-state index in [1.807, 2.05) is 37.3 Å². The fraction of sp³-hybridized carbons (Fsp3) is 0.406. The van der Waals surface area contributed by atoms with Crippen LogP contribution >= 0.6 is 10.8 Å². The van der Waals surface area contributed by atoms with Crippen molar-refractivity contribution >= 4 is 28.1 Å². The van der Waals surface area contributed by atoms with Gasteiger partial charge in [0.05, 0.1) is 29.1 Å². The number of hydrogen-bond acceptors (Lipinski definition) is 7. The van der Waals surface area contributed by atoms with E-state index in [1.165, 1.54) is 6.07 Å². The van der Waals surface area contributed by atoms with Gasteiger partial charge < -0.3 is 21.1 Å². The summed E-state index contributed by atoms with van der Waals surface area (Å²) in [5.41, 5.74) is 2.76. The van der Waals surface area contributed by atoms with E-state index in [1.54, 1.807) is 29.4 Å². The van der Waals surface area contributed by atoms with Crippen molar-refractivity contribution in [3.05, 3.63) is 94.5 Å². The molecule has 44 heavy (non-hydrogen) atoms. The first-order chi connectivity index (χ1) is 20.9. The van der Waals surface area contributed by atoms with Gasteiger partial charge in [-0.25, -0.2) is 0 Å². The van der Waals surface area contributed by atoms with Gasteiger partial charge in [-0.15, -0.1) is 10.8 Å². The van der Waals surface area contributed by atoms with Gasteiger partial charge in [-0.2, -0.15) is 13.2 Å². The zero-order valence-corrected chi connectivity index (χ0v) is 25.7. The third kappa shape index (κ3) is 8.89. The number of nitrogens with one attached hydrogen (secondary N) is 3. The standard InChI is InChI=1S/C32H41F3N4O4S/c1-3-37-27-17-24(18-28(19-27)39-13-7-8-14-44(39,42)43)31(41)38-29(15-23-9-5-4-6-10-23)30(40)21-36-20-25-16-26(32(33,34)35)12-11-22(25)2/h4-6,9-12,16-19,29-30,36-37,40,42-43H,3,7-8,13-15,20-21H2,1-2H3,(H,38,41)/t29-,30-/m0/s1. The normalized spacial score (nSPS) is 17.0. The van der Waals surface area contributed by atoms with Crippen LogP contribution in [0.5, 0.6) is 0 Å². The molecule has 1 amide bonds. The van der Waals surface area contributed by atoms with Gasteiger partial charge in [0.1, 0.15) is 0 Å². The molecule has 1 heterocycles. The Morgan fingerprint density at radius 2 is 1.80 bits per heavy atom. The van der Waals surface area contributed by atoms with Crippen molar-refractivity contribution in [3.63, 3.8) is 0 Å². The summed E-state index contributed by atoms with van der Waals surface area (Å²) in [6.07, 6.45) is -3.72. The molecule has 0 saturated carbocycles. The number of halogens is 3. The molecule has 1 aliphatic rings. The van der Waals surface area contributed by atoms with Gasteiger partial charge in [0, 0.05) is 37.4 Å². The fourth-order valence-electron chi connectivity index (χ4n) is 5.24. The van der Waals surface area contributed by atoms with Crippen LogP contribution in [-0.4, -0.2) is 57.7 Å². The number of benzene rings is 3. The zero-order valence-electron chi connectivity index (χ0n) is 24.9. The summed E-state index contributed by atoms with van der Waals surface area (Å²) in [5, 5.41) is 20.4. The third-order valence-corrected chi connectivity index (χ3v) is 9.59. The summed E-state index contributed by atoms with van der Waals surface area (Å²) in [5.74, 6) is -0.189. The minimum Gasteiger partial charge on any atom is -0.390 e. The number of hydrogen-bond donors (Lipinski definition) is 6. The number of nitrogens with zero attached hydrogens (tertiary/aromatic N) is 1. The SMILES string of the molecule is CCNc1cc(C(=O)N[C@@H](Cc2ccccc2)[C@@H](O)CNCc2cc(C(F)(F)F)ccc2C)cc(N2CCCCS2(O)O)c1. The molecule has 1 saturated heterocycles. The molecule has 4 rings (SSSR count). The number of alkyl halides is 3. The van der Waals surface area contributed by atoms with E-state index >= 15 is 0 Å². The van der Waals surface area contributed by atoms with Crippen molar-refractivity contribution in [3.8, 4) is 0 Å². The summed E-state index contributed by atoms with van der Waals surface area (Å²) in [4.78, 5) is 13.7. The fourth-order valence-corrected chi connectivity index (χ4v) is 6.91. The average Bonchev–Trinajstić information content (AvgIpc) is 2.97. The molecule has 12 heteroatoms. The van der Waals surface area contributed by atoms with Gasteiger partial charge in [0.15, 0.2) is 0 Å². The lowest BCUT2D eigenvalue weighted by molar-refractivity contribution is -0.137. The van der Waals surface area contributed by atoms with Crippen LogP contribution in [0.2, 0.25) is 0 Å². The first-order valence-corrected chi connectivity index (χ1v) is 16.4. The number of aryl methyl sites for hydroxylation is 1. The second kappa shape index (κ2) is 14.7. The van der Waals surface area contributed by atoms with Crippen molar-refractivity contribution in [2.24, 2.45) is 0 Å². The molecule has 240 valence electrons. The van der Waals surface area contributed by atoms with Crippen LogP contribution in [0.4, 0.5) is 24.5 Å². The Labute approximate surface area is 258 Å². The second-order valence-corrected chi connectivity index (χ2v) is 13.2. The number of anilines is 2. The molecule has 8 nitrogen and oxygen atoms in total. The maximum atomic E-state index is 13.7. The molecule has 3 aromatic carbocycles. The lowest BCUT2D eigenvalue weighted by Crippen LogP contribution is -2.48. The van der Waals surface area contributed by atoms with Gasteiger partial charge in [-0.1, -0.05) is 36.4 Å². The molecule has 1 aliphatic heterocycles. The first-order valence-electron chi connectivity index (χ1n) is 14.7. The summed E-state index contributed by atoms with van der Waals surface area (Å²) in [6, 6.07) is 17.3. The highest BCUT2D eigenvalue weighted by atomic mass is 32.3. The molecule has 0 aromatic heterocycles. The van der Waals surface area contributed by atoms with Crippen molar-refractivity contribution in [1.29, 1.82) is 0 Å². The van der Waals surface area contributed by atoms with Crippen LogP contribution in [0.3, 0.4) is 0 Å². The highest BCUT2D eigenvalue weighted by molar-refractivity contribution is 8.25. The van der Waals surface area contributed by atoms with Crippen molar-refractivity contribution in [2.45, 2.75) is 58.0 Å². The molecule has 6 N–H and O–H groups in total. The molecule has 0 radical (unpaired) electrons. The topological polar surface area (TPSA) is 117 Å². The third-order valence-electron chi connectivity index (χ3n) is 7.66. The van der Waals surface area contributed by atoms with Crippen LogP contribution in [0.1, 0.15) is 52.4 Å². The van der Waals surface area contributed by atoms with Crippen molar-refractivity contribution in [2.75, 3.05) is 35.0 Å². The van der Waals surface area contributed by atoms with Gasteiger partial charge in [-0.05, 0) is 80.1 Å². The van der Waals surface area contributed by atoms with Crippen LogP contribution in [0.25, 0.3) is 0 Å². The molecule has 3 aromatic rings. The van der Waals surface area contributed by atoms with Crippen LogP contribution in [-0.2, 0) is 19.1 Å². The van der Waals surface area contributed by atoms with Gasteiger partial charge >= 0.3 is 6.18 Å². The predicted octanol–water partition coefficient (Wildman–Crippen LogP) is 6.20. The van der Waals surface area contributed by atoms with Crippen molar-refractivity contribution in [1.82, 2.24) is 10.6 Å². The molecule has 1 fully saturated rings. The Bertz CT molecular complexity index is 1410. The number of carbonyl (C=O) groups is 1. The largest absolute Gasteiger partial charge is 0.416 e. The van der Waals surface area contributed by atoms with E-state index in [0.29, 0.717) is 48.4 Å². The molecule has 0 aliphatic carbocycles. The van der Waals surface area contributed by atoms with E-state index < -0.39 is 40.6 Å². The van der Waals surface area contributed by atoms with E-state index in [0.717, 1.165) is 24.1 Å². The Morgan fingerprint density at radius 1 is 1.05 bits per heavy atom. The first kappa shape index (κ1) is 33.6. The van der Waals surface area contributed by atoms with E-state index in [9.17, 15) is 32.2 Å². The maximum absolute atomic E-state index is 13.7. The predicted molar refractivity (Wildman–Crippen MR) is 170 cm³/mol. The molecular formula is C32H41F3N4O4S. The van der Waals surface area contributed by atoms with E-state index in [4.69, 9.17) is 0 Å². The van der Waals surface area contributed by atoms with Crippen LogP contribution in [0.15, 0.2) is 66.7 Å². The average molecular weight is 635 g/mol. The highest BCUT2D eigenvalue weighted by Crippen LogP contribution is 2.50. The lowest BCUT2D eigenvalue weighted by atomic mass is 10.00. The molecule has 0 unspecified atom stereocenters. The molecular weight excluding hydrogens is 593 g/mol. The summed E-state index contributed by atoms with van der Waals surface area (Å²) in [6.45, 7) is 4.81. The zero-order chi connectivity index (χ0) is 31.9. The summed E-state index contributed by atoms with van der Waals surface area (Å²) < 4.78 is 62.7. The Hall–Kier alpha value is -3.29. The lowest BCUT2D eigenvalue weighted by Gasteiger charge is -2.47. The van der Waals surface area contributed by atoms with Crippen molar-refractivity contribution < 1.29 is 32.2 Å². The smallest absolute Gasteiger partial charge is 0.390 e. The quantitative estimate of drug-likeness (QED) is 0.140. The number of carbonyl (C=O) groups excluding carboxylic acids is 1. The van der Waals surface area contributed by atoms with E-state index in [2.05, 4.69) is 16.0 Å². The molecule has 0 bridgehead atoms. The minimum atomic E-state index is -4.46. The molecule has 0 spiro atoms. The monoisotopic (exact) mass is 634 g/mol. The second-order valence-electron chi connectivity index (χ2n) is 11.1. The number of rotatable bonds is 12. The van der Waals surface area contributed by atoms with E-state index in [-0.39, 0.29) is 24.4 Å². The Balaban J connectivity index is 1.53. The summed E-state index contributed by atoms with van der Waals surface area (Å²) >= 11 is 0. The molecule has 2 atom stereocenters. The number of aliphatic hydroxyl groups is 1. The number of aliphatic hydroxyl groups excluding tert-OH is 1. The maximum Gasteiger partial charge on any atom is 0.416 e. The van der Waals surface area contributed by atoms with Crippen LogP contribution in [0, 0.1) is 6.92 Å². The van der Waals surface area contributed by atoms with Crippen LogP contribution < -0.4 is 20.3 Å². The number of amides is 1. The van der Waals surface area contributed by atoms with Gasteiger partial charge in [-0.3, -0.25) is 18.2 Å². The summed E-state index contributed by atoms with van der Waals surface area (Å²) in [7, 11) is -3.01. The van der Waals surface area contributed by atoms with Gasteiger partial charge in [0.25, 0.3) is 5.91 Å². The Morgan fingerprint density at radius 3 is 2.48 bits per heavy atom. The highest BCUT2D eigenvalue weighted by Gasteiger charge is 2.31. The minimum absolute atomic E-state index is 0.0187. The Kier molecular flexibility index (Phi) is 11.2.